The lowest BCUT2D eigenvalue weighted by Crippen LogP contribution is -2.54. The Bertz CT molecular complexity index is 351. The first-order valence-corrected chi connectivity index (χ1v) is 7.90. The van der Waals surface area contributed by atoms with Crippen LogP contribution < -0.4 is 0 Å². The highest BCUT2D eigenvalue weighted by molar-refractivity contribution is 5.83. The van der Waals surface area contributed by atoms with E-state index < -0.39 is 0 Å². The summed E-state index contributed by atoms with van der Waals surface area (Å²) in [5, 5.41) is 0. The number of likely N-dealkylation sites (N-methyl/N-ethyl adjacent to an activating group) is 1. The number of carbonyl (C=O) groups is 2. The van der Waals surface area contributed by atoms with Gasteiger partial charge in [-0.05, 0) is 32.9 Å². The first-order chi connectivity index (χ1) is 9.63. The first kappa shape index (κ1) is 15.3. The normalized spacial score (nSPS) is 24.2. The smallest absolute Gasteiger partial charge is 0.240 e. The first-order valence-electron chi connectivity index (χ1n) is 7.90. The zero-order valence-electron chi connectivity index (χ0n) is 12.8. The second-order valence-electron chi connectivity index (χ2n) is 5.95. The number of carbonyl (C=O) groups excluding carboxylic acids is 2. The minimum atomic E-state index is 0.0670. The van der Waals surface area contributed by atoms with Gasteiger partial charge in [-0.1, -0.05) is 13.3 Å². The molecule has 0 spiro atoms. The lowest BCUT2D eigenvalue weighted by molar-refractivity contribution is -0.142. The molecule has 0 N–H and O–H groups in total. The van der Waals surface area contributed by atoms with Gasteiger partial charge in [-0.3, -0.25) is 14.5 Å². The van der Waals surface area contributed by atoms with E-state index in [4.69, 9.17) is 0 Å². The largest absolute Gasteiger partial charge is 0.339 e. The Labute approximate surface area is 121 Å². The van der Waals surface area contributed by atoms with Crippen molar-refractivity contribution in [1.29, 1.82) is 0 Å². The summed E-state index contributed by atoms with van der Waals surface area (Å²) in [6.45, 7) is 5.91. The number of amides is 2. The predicted octanol–water partition coefficient (Wildman–Crippen LogP) is 0.942. The molecule has 2 fully saturated rings. The van der Waals surface area contributed by atoms with Crippen molar-refractivity contribution in [3.8, 4) is 0 Å². The van der Waals surface area contributed by atoms with Crippen molar-refractivity contribution in [2.75, 3.05) is 39.8 Å². The van der Waals surface area contributed by atoms with Gasteiger partial charge in [0.1, 0.15) is 0 Å². The molecule has 2 rings (SSSR count). The van der Waals surface area contributed by atoms with Crippen molar-refractivity contribution < 1.29 is 9.59 Å². The molecule has 20 heavy (non-hydrogen) atoms. The molecule has 2 amide bonds. The summed E-state index contributed by atoms with van der Waals surface area (Å²) in [5.41, 5.74) is 0. The molecule has 0 aromatic rings. The van der Waals surface area contributed by atoms with E-state index in [1.165, 1.54) is 0 Å². The molecule has 114 valence electrons. The molecule has 0 aliphatic carbocycles. The van der Waals surface area contributed by atoms with Crippen LogP contribution in [0.5, 0.6) is 0 Å². The molecule has 0 aromatic heterocycles. The van der Waals surface area contributed by atoms with Crippen molar-refractivity contribution >= 4 is 11.8 Å². The number of rotatable bonds is 4. The lowest BCUT2D eigenvalue weighted by Gasteiger charge is -2.37. The highest BCUT2D eigenvalue weighted by atomic mass is 16.2. The van der Waals surface area contributed by atoms with Crippen LogP contribution in [0.3, 0.4) is 0 Å². The standard InChI is InChI=1S/C15H27N3O2/c1-3-4-7-14(19)17-9-11-18(12-10-17)15(20)13-6-5-8-16(13)2/h13H,3-12H2,1-2H3. The number of unbranched alkanes of at least 4 members (excludes halogenated alkanes) is 1. The minimum Gasteiger partial charge on any atom is -0.339 e. The number of nitrogens with zero attached hydrogens (tertiary/aromatic N) is 3. The third-order valence-corrected chi connectivity index (χ3v) is 4.49. The van der Waals surface area contributed by atoms with Crippen LogP contribution in [0.25, 0.3) is 0 Å². The van der Waals surface area contributed by atoms with Gasteiger partial charge in [-0.25, -0.2) is 0 Å². The molecule has 5 heteroatoms. The predicted molar refractivity (Wildman–Crippen MR) is 78.3 cm³/mol. The fourth-order valence-electron chi connectivity index (χ4n) is 3.10. The van der Waals surface area contributed by atoms with Gasteiger partial charge >= 0.3 is 0 Å². The molecule has 2 aliphatic heterocycles. The quantitative estimate of drug-likeness (QED) is 0.770. The highest BCUT2D eigenvalue weighted by Crippen LogP contribution is 2.18. The summed E-state index contributed by atoms with van der Waals surface area (Å²) >= 11 is 0. The Morgan fingerprint density at radius 3 is 2.25 bits per heavy atom. The molecule has 0 saturated carbocycles. The maximum Gasteiger partial charge on any atom is 0.240 e. The Balaban J connectivity index is 1.79. The van der Waals surface area contributed by atoms with Gasteiger partial charge in [0.25, 0.3) is 0 Å². The summed E-state index contributed by atoms with van der Waals surface area (Å²) < 4.78 is 0. The van der Waals surface area contributed by atoms with E-state index in [9.17, 15) is 9.59 Å². The summed E-state index contributed by atoms with van der Waals surface area (Å²) in [7, 11) is 2.03. The van der Waals surface area contributed by atoms with Gasteiger partial charge in [-0.2, -0.15) is 0 Å². The molecular weight excluding hydrogens is 254 g/mol. The van der Waals surface area contributed by atoms with Gasteiger partial charge < -0.3 is 9.80 Å². The number of hydrogen-bond donors (Lipinski definition) is 0. The highest BCUT2D eigenvalue weighted by Gasteiger charge is 2.33. The van der Waals surface area contributed by atoms with E-state index in [1.54, 1.807) is 0 Å². The van der Waals surface area contributed by atoms with Crippen LogP contribution >= 0.6 is 0 Å². The summed E-state index contributed by atoms with van der Waals surface area (Å²) in [5.74, 6) is 0.502. The fourth-order valence-corrected chi connectivity index (χ4v) is 3.10. The third kappa shape index (κ3) is 3.51. The minimum absolute atomic E-state index is 0.0670. The van der Waals surface area contributed by atoms with E-state index in [2.05, 4.69) is 11.8 Å². The van der Waals surface area contributed by atoms with Gasteiger partial charge in [0.15, 0.2) is 0 Å². The maximum atomic E-state index is 12.4. The van der Waals surface area contributed by atoms with Crippen molar-refractivity contribution in [2.24, 2.45) is 0 Å². The second-order valence-corrected chi connectivity index (χ2v) is 5.95. The Hall–Kier alpha value is -1.10. The molecule has 5 nitrogen and oxygen atoms in total. The van der Waals surface area contributed by atoms with Gasteiger partial charge in [0, 0.05) is 32.6 Å². The SMILES string of the molecule is CCCCC(=O)N1CCN(C(=O)C2CCCN2C)CC1. The average molecular weight is 281 g/mol. The van der Waals surface area contributed by atoms with E-state index in [-0.39, 0.29) is 17.9 Å². The van der Waals surface area contributed by atoms with Crippen LogP contribution in [0.2, 0.25) is 0 Å². The van der Waals surface area contributed by atoms with E-state index in [0.29, 0.717) is 32.6 Å². The van der Waals surface area contributed by atoms with Gasteiger partial charge in [-0.15, -0.1) is 0 Å². The number of piperazine rings is 1. The van der Waals surface area contributed by atoms with E-state index in [0.717, 1.165) is 32.2 Å². The maximum absolute atomic E-state index is 12.4. The number of hydrogen-bond acceptors (Lipinski definition) is 3. The summed E-state index contributed by atoms with van der Waals surface area (Å²) in [4.78, 5) is 30.4. The summed E-state index contributed by atoms with van der Waals surface area (Å²) in [6, 6.07) is 0.0670. The van der Waals surface area contributed by atoms with Crippen LogP contribution in [0.1, 0.15) is 39.0 Å². The monoisotopic (exact) mass is 281 g/mol. The van der Waals surface area contributed by atoms with Crippen molar-refractivity contribution in [1.82, 2.24) is 14.7 Å². The van der Waals surface area contributed by atoms with Gasteiger partial charge in [0.2, 0.25) is 11.8 Å². The van der Waals surface area contributed by atoms with Crippen LogP contribution in [-0.4, -0.2) is 72.3 Å². The van der Waals surface area contributed by atoms with Crippen LogP contribution in [0.4, 0.5) is 0 Å². The zero-order chi connectivity index (χ0) is 14.5. The van der Waals surface area contributed by atoms with Crippen molar-refractivity contribution in [2.45, 2.75) is 45.1 Å². The van der Waals surface area contributed by atoms with Crippen LogP contribution in [0.15, 0.2) is 0 Å². The molecule has 1 atom stereocenters. The Morgan fingerprint density at radius 1 is 1.05 bits per heavy atom. The van der Waals surface area contributed by atoms with Crippen LogP contribution in [0, 0.1) is 0 Å². The molecule has 0 radical (unpaired) electrons. The zero-order valence-corrected chi connectivity index (χ0v) is 12.8. The molecule has 2 aliphatic rings. The topological polar surface area (TPSA) is 43.9 Å². The third-order valence-electron chi connectivity index (χ3n) is 4.49. The fraction of sp³-hybridized carbons (Fsp3) is 0.867. The molecule has 2 heterocycles. The van der Waals surface area contributed by atoms with E-state index >= 15 is 0 Å². The van der Waals surface area contributed by atoms with Gasteiger partial charge in [0.05, 0.1) is 6.04 Å². The Morgan fingerprint density at radius 2 is 1.70 bits per heavy atom. The molecule has 0 aromatic carbocycles. The van der Waals surface area contributed by atoms with E-state index in [1.807, 2.05) is 16.8 Å². The van der Waals surface area contributed by atoms with Crippen LogP contribution in [-0.2, 0) is 9.59 Å². The molecular formula is C15H27N3O2. The summed E-state index contributed by atoms with van der Waals surface area (Å²) in [6.07, 6.45) is 4.76. The second kappa shape index (κ2) is 7.07. The number of likely N-dealkylation sites (tertiary alicyclic amines) is 1. The Kier molecular flexibility index (Phi) is 5.40. The van der Waals surface area contributed by atoms with Crippen molar-refractivity contribution in [3.05, 3.63) is 0 Å². The molecule has 2 saturated heterocycles. The molecule has 1 unspecified atom stereocenters. The van der Waals surface area contributed by atoms with Crippen molar-refractivity contribution in [3.63, 3.8) is 0 Å². The molecule has 0 bridgehead atoms. The average Bonchev–Trinajstić information content (AvgIpc) is 2.90. The lowest BCUT2D eigenvalue weighted by atomic mass is 10.1.